The Morgan fingerprint density at radius 2 is 1.56 bits per heavy atom. The summed E-state index contributed by atoms with van der Waals surface area (Å²) in [6.45, 7) is 5.30. The van der Waals surface area contributed by atoms with Gasteiger partial charge in [-0.15, -0.1) is 10.2 Å². The molecule has 3 aromatic rings. The first-order chi connectivity index (χ1) is 12.8. The predicted octanol–water partition coefficient (Wildman–Crippen LogP) is 1.18. The molecule has 0 bridgehead atoms. The molecule has 0 unspecified atom stereocenters. The average Bonchev–Trinajstić information content (AvgIpc) is 2.95. The van der Waals surface area contributed by atoms with Gasteiger partial charge in [-0.25, -0.2) is 4.68 Å². The highest BCUT2D eigenvalue weighted by Crippen LogP contribution is 2.21. The summed E-state index contributed by atoms with van der Waals surface area (Å²) in [6.07, 6.45) is 0. The smallest absolute Gasteiger partial charge is 0.273 e. The fourth-order valence-corrected chi connectivity index (χ4v) is 2.65. The maximum Gasteiger partial charge on any atom is 0.274 e. The third kappa shape index (κ3) is 3.24. The van der Waals surface area contributed by atoms with E-state index >= 15 is 0 Å². The van der Waals surface area contributed by atoms with Gasteiger partial charge >= 0.3 is 0 Å². The van der Waals surface area contributed by atoms with Gasteiger partial charge in [-0.05, 0) is 19.1 Å². The van der Waals surface area contributed by atoms with Crippen LogP contribution in [0.4, 0.5) is 5.95 Å². The van der Waals surface area contributed by atoms with E-state index in [4.69, 9.17) is 0 Å². The minimum absolute atomic E-state index is 0.197. The van der Waals surface area contributed by atoms with Crippen LogP contribution in [0.25, 0.3) is 16.9 Å². The SMILES string of the molecule is CC(=O)N(C(C)=O)N(C(C)=O)c1nnc2c(C)nn(-c3ccccc3)c2n1. The van der Waals surface area contributed by atoms with Gasteiger partial charge in [-0.2, -0.15) is 20.1 Å². The monoisotopic (exact) mass is 367 g/mol. The molecule has 0 aliphatic rings. The largest absolute Gasteiger partial charge is 0.274 e. The third-order valence-electron chi connectivity index (χ3n) is 3.74. The number of carbonyl (C=O) groups is 3. The molecule has 3 amide bonds. The molecule has 0 spiro atoms. The van der Waals surface area contributed by atoms with Crippen LogP contribution in [0.2, 0.25) is 0 Å². The Morgan fingerprint density at radius 3 is 2.11 bits per heavy atom. The molecule has 0 atom stereocenters. The zero-order valence-corrected chi connectivity index (χ0v) is 15.2. The van der Waals surface area contributed by atoms with Gasteiger partial charge in [0.15, 0.2) is 11.2 Å². The predicted molar refractivity (Wildman–Crippen MR) is 95.6 cm³/mol. The molecule has 0 fully saturated rings. The quantitative estimate of drug-likeness (QED) is 0.625. The van der Waals surface area contributed by atoms with E-state index in [-0.39, 0.29) is 5.95 Å². The minimum Gasteiger partial charge on any atom is -0.273 e. The number of imide groups is 1. The Hall–Kier alpha value is -3.69. The highest BCUT2D eigenvalue weighted by molar-refractivity contribution is 6.02. The lowest BCUT2D eigenvalue weighted by Crippen LogP contribution is -2.51. The van der Waals surface area contributed by atoms with Crippen molar-refractivity contribution in [2.45, 2.75) is 27.7 Å². The molecule has 1 aromatic carbocycles. The summed E-state index contributed by atoms with van der Waals surface area (Å²) in [6, 6.07) is 9.25. The summed E-state index contributed by atoms with van der Waals surface area (Å²) in [5.74, 6) is -2.09. The minimum atomic E-state index is -0.644. The van der Waals surface area contributed by atoms with Crippen LogP contribution in [-0.4, -0.2) is 47.7 Å². The Kier molecular flexibility index (Phi) is 4.63. The van der Waals surface area contributed by atoms with Crippen LogP contribution in [0.5, 0.6) is 0 Å². The fourth-order valence-electron chi connectivity index (χ4n) is 2.65. The maximum atomic E-state index is 12.1. The number of rotatable bonds is 2. The third-order valence-corrected chi connectivity index (χ3v) is 3.74. The molecule has 138 valence electrons. The number of hydrazine groups is 1. The van der Waals surface area contributed by atoms with E-state index in [0.29, 0.717) is 21.9 Å². The van der Waals surface area contributed by atoms with Crippen molar-refractivity contribution in [1.82, 2.24) is 30.0 Å². The van der Waals surface area contributed by atoms with Crippen LogP contribution in [0.3, 0.4) is 0 Å². The van der Waals surface area contributed by atoms with E-state index < -0.39 is 17.7 Å². The van der Waals surface area contributed by atoms with Crippen LogP contribution in [0.1, 0.15) is 26.5 Å². The Bertz CT molecular complexity index is 1030. The van der Waals surface area contributed by atoms with Crippen molar-refractivity contribution < 1.29 is 14.4 Å². The average molecular weight is 367 g/mol. The molecule has 10 nitrogen and oxygen atoms in total. The molecule has 10 heteroatoms. The van der Waals surface area contributed by atoms with Gasteiger partial charge in [0.25, 0.3) is 5.95 Å². The second kappa shape index (κ2) is 6.90. The number of carbonyl (C=O) groups excluding carboxylic acids is 3. The molecule has 0 saturated carbocycles. The molecule has 0 saturated heterocycles. The highest BCUT2D eigenvalue weighted by Gasteiger charge is 2.30. The zero-order chi connectivity index (χ0) is 19.7. The van der Waals surface area contributed by atoms with Crippen molar-refractivity contribution >= 4 is 34.8 Å². The number of amides is 3. The van der Waals surface area contributed by atoms with Gasteiger partial charge in [0.1, 0.15) is 0 Å². The van der Waals surface area contributed by atoms with E-state index in [1.54, 1.807) is 11.6 Å². The fraction of sp³-hybridized carbons (Fsp3) is 0.235. The second-order valence-corrected chi connectivity index (χ2v) is 5.80. The van der Waals surface area contributed by atoms with Gasteiger partial charge in [-0.1, -0.05) is 18.2 Å². The zero-order valence-electron chi connectivity index (χ0n) is 15.2. The summed E-state index contributed by atoms with van der Waals surface area (Å²) < 4.78 is 1.56. The number of nitrogens with zero attached hydrogens (tertiary/aromatic N) is 7. The van der Waals surface area contributed by atoms with E-state index in [9.17, 15) is 14.4 Å². The van der Waals surface area contributed by atoms with Crippen molar-refractivity contribution in [2.75, 3.05) is 5.01 Å². The number of hydrogen-bond acceptors (Lipinski definition) is 7. The highest BCUT2D eigenvalue weighted by atomic mass is 16.2. The Morgan fingerprint density at radius 1 is 0.926 bits per heavy atom. The number of aryl methyl sites for hydroxylation is 1. The summed E-state index contributed by atoms with van der Waals surface area (Å²) in [7, 11) is 0. The normalized spacial score (nSPS) is 10.7. The molecule has 2 aromatic heterocycles. The van der Waals surface area contributed by atoms with Crippen LogP contribution < -0.4 is 5.01 Å². The first-order valence-corrected chi connectivity index (χ1v) is 8.08. The first-order valence-electron chi connectivity index (χ1n) is 8.08. The number of hydrogen-bond donors (Lipinski definition) is 0. The van der Waals surface area contributed by atoms with Crippen LogP contribution >= 0.6 is 0 Å². The van der Waals surface area contributed by atoms with Crippen molar-refractivity contribution in [3.63, 3.8) is 0 Å². The lowest BCUT2D eigenvalue weighted by molar-refractivity contribution is -0.146. The second-order valence-electron chi connectivity index (χ2n) is 5.80. The molecule has 0 aliphatic heterocycles. The van der Waals surface area contributed by atoms with Gasteiger partial charge in [0, 0.05) is 20.8 Å². The Labute approximate surface area is 154 Å². The Balaban J connectivity index is 2.21. The maximum absolute atomic E-state index is 12.1. The van der Waals surface area contributed by atoms with Crippen molar-refractivity contribution in [2.24, 2.45) is 0 Å². The van der Waals surface area contributed by atoms with E-state index in [1.807, 2.05) is 30.3 Å². The molecular formula is C17H17N7O3. The molecule has 27 heavy (non-hydrogen) atoms. The van der Waals surface area contributed by atoms with Gasteiger partial charge in [-0.3, -0.25) is 14.4 Å². The van der Waals surface area contributed by atoms with Gasteiger partial charge < -0.3 is 0 Å². The summed E-state index contributed by atoms with van der Waals surface area (Å²) in [5, 5.41) is 13.9. The number of anilines is 1. The number of benzene rings is 1. The standard InChI is InChI=1S/C17H17N7O3/c1-10-15-16(22(21-10)14-8-6-5-7-9-14)18-17(20-19-15)24(13(4)27)23(11(2)25)12(3)26/h5-9H,1-4H3. The number of aromatic nitrogens is 5. The topological polar surface area (TPSA) is 114 Å². The van der Waals surface area contributed by atoms with Crippen molar-refractivity contribution in [3.8, 4) is 5.69 Å². The lowest BCUT2D eigenvalue weighted by atomic mass is 10.3. The van der Waals surface area contributed by atoms with Crippen molar-refractivity contribution in [1.29, 1.82) is 0 Å². The number of para-hydroxylation sites is 1. The first kappa shape index (κ1) is 18.1. The molecular weight excluding hydrogens is 350 g/mol. The van der Waals surface area contributed by atoms with Gasteiger partial charge in [0.2, 0.25) is 17.7 Å². The van der Waals surface area contributed by atoms with E-state index in [2.05, 4.69) is 20.3 Å². The molecule has 2 heterocycles. The van der Waals surface area contributed by atoms with E-state index in [0.717, 1.165) is 10.7 Å². The molecule has 0 N–H and O–H groups in total. The number of fused-ring (bicyclic) bond motifs is 1. The summed E-state index contributed by atoms with van der Waals surface area (Å²) in [5.41, 5.74) is 2.14. The van der Waals surface area contributed by atoms with E-state index in [1.165, 1.54) is 20.8 Å². The van der Waals surface area contributed by atoms with Gasteiger partial charge in [0.05, 0.1) is 11.4 Å². The summed E-state index contributed by atoms with van der Waals surface area (Å²) in [4.78, 5) is 40.3. The van der Waals surface area contributed by atoms with Crippen LogP contribution in [-0.2, 0) is 14.4 Å². The van der Waals surface area contributed by atoms with Crippen LogP contribution in [0.15, 0.2) is 30.3 Å². The molecule has 0 radical (unpaired) electrons. The van der Waals surface area contributed by atoms with Crippen molar-refractivity contribution in [3.05, 3.63) is 36.0 Å². The molecule has 0 aliphatic carbocycles. The molecule has 3 rings (SSSR count). The van der Waals surface area contributed by atoms with Crippen LogP contribution in [0, 0.1) is 6.92 Å². The summed E-state index contributed by atoms with van der Waals surface area (Å²) >= 11 is 0. The lowest BCUT2D eigenvalue weighted by Gasteiger charge is -2.28.